The molecule has 1 saturated carbocycles. The first-order chi connectivity index (χ1) is 7.70. The molecule has 1 atom stereocenters. The lowest BCUT2D eigenvalue weighted by molar-refractivity contribution is -0.138. The van der Waals surface area contributed by atoms with Gasteiger partial charge in [0.15, 0.2) is 0 Å². The van der Waals surface area contributed by atoms with Crippen molar-refractivity contribution in [3.05, 3.63) is 0 Å². The van der Waals surface area contributed by atoms with E-state index >= 15 is 0 Å². The second kappa shape index (κ2) is 6.83. The Morgan fingerprint density at radius 2 is 2.31 bits per heavy atom. The smallest absolute Gasteiger partial charge is 0.242 e. The predicted molar refractivity (Wildman–Crippen MR) is 60.9 cm³/mol. The second-order valence-corrected chi connectivity index (χ2v) is 4.26. The minimum Gasteiger partial charge on any atom is -0.396 e. The third kappa shape index (κ3) is 3.43. The van der Waals surface area contributed by atoms with Crippen LogP contribution in [0.1, 0.15) is 25.7 Å². The highest BCUT2D eigenvalue weighted by atomic mass is 16.5. The second-order valence-electron chi connectivity index (χ2n) is 4.26. The molecule has 1 rings (SSSR count). The largest absolute Gasteiger partial charge is 0.396 e. The van der Waals surface area contributed by atoms with Crippen LogP contribution >= 0.6 is 0 Å². The molecule has 3 N–H and O–H groups in total. The average Bonchev–Trinajstić information content (AvgIpc) is 2.20. The van der Waals surface area contributed by atoms with E-state index in [-0.39, 0.29) is 19.1 Å². The summed E-state index contributed by atoms with van der Waals surface area (Å²) in [6.07, 6.45) is 3.89. The molecule has 0 aliphatic heterocycles. The van der Waals surface area contributed by atoms with Crippen LogP contribution in [-0.2, 0) is 9.53 Å². The number of hydrogen-bond donors (Lipinski definition) is 2. The minimum absolute atomic E-state index is 0.0556. The van der Waals surface area contributed by atoms with Gasteiger partial charge in [-0.05, 0) is 25.7 Å². The van der Waals surface area contributed by atoms with E-state index in [4.69, 9.17) is 15.6 Å². The standard InChI is InChI=1S/C11H22N2O3/c1-16-8-10(12)11(15)13(6-3-7-14)9-4-2-5-9/h9-10,14H,2-8,12H2,1H3. The molecule has 5 heteroatoms. The zero-order valence-electron chi connectivity index (χ0n) is 9.89. The molecule has 1 aliphatic rings. The molecule has 94 valence electrons. The maximum absolute atomic E-state index is 12.0. The van der Waals surface area contributed by atoms with Gasteiger partial charge in [0.2, 0.25) is 5.91 Å². The van der Waals surface area contributed by atoms with E-state index in [2.05, 4.69) is 0 Å². The van der Waals surface area contributed by atoms with Gasteiger partial charge in [-0.2, -0.15) is 0 Å². The van der Waals surface area contributed by atoms with E-state index in [1.54, 1.807) is 0 Å². The average molecular weight is 230 g/mol. The Kier molecular flexibility index (Phi) is 5.73. The number of hydrogen-bond acceptors (Lipinski definition) is 4. The third-order valence-corrected chi connectivity index (χ3v) is 3.02. The number of methoxy groups -OCH3 is 1. The topological polar surface area (TPSA) is 75.8 Å². The Morgan fingerprint density at radius 1 is 1.62 bits per heavy atom. The van der Waals surface area contributed by atoms with E-state index in [0.717, 1.165) is 12.8 Å². The number of nitrogens with two attached hydrogens (primary N) is 1. The van der Waals surface area contributed by atoms with Gasteiger partial charge in [0, 0.05) is 26.3 Å². The molecule has 0 bridgehead atoms. The summed E-state index contributed by atoms with van der Waals surface area (Å²) >= 11 is 0. The van der Waals surface area contributed by atoms with Crippen molar-refractivity contribution in [1.29, 1.82) is 0 Å². The summed E-state index contributed by atoms with van der Waals surface area (Å²) in [5, 5.41) is 8.82. The van der Waals surface area contributed by atoms with Gasteiger partial charge in [-0.15, -0.1) is 0 Å². The van der Waals surface area contributed by atoms with E-state index in [9.17, 15) is 4.79 Å². The number of carbonyl (C=O) groups excluding carboxylic acids is 1. The third-order valence-electron chi connectivity index (χ3n) is 3.02. The molecule has 0 heterocycles. The molecular weight excluding hydrogens is 208 g/mol. The van der Waals surface area contributed by atoms with Gasteiger partial charge in [-0.3, -0.25) is 4.79 Å². The molecule has 1 aliphatic carbocycles. The Bertz CT molecular complexity index is 219. The Labute approximate surface area is 96.6 Å². The van der Waals surface area contributed by atoms with Crippen molar-refractivity contribution < 1.29 is 14.6 Å². The number of nitrogens with zero attached hydrogens (tertiary/aromatic N) is 1. The zero-order valence-corrected chi connectivity index (χ0v) is 9.89. The monoisotopic (exact) mass is 230 g/mol. The van der Waals surface area contributed by atoms with Gasteiger partial charge >= 0.3 is 0 Å². The fourth-order valence-electron chi connectivity index (χ4n) is 1.88. The quantitative estimate of drug-likeness (QED) is 0.631. The Balaban J connectivity index is 2.49. The van der Waals surface area contributed by atoms with Crippen LogP contribution in [0.15, 0.2) is 0 Å². The molecule has 0 saturated heterocycles. The van der Waals surface area contributed by atoms with Gasteiger partial charge in [0.05, 0.1) is 6.61 Å². The molecule has 0 aromatic rings. The maximum Gasteiger partial charge on any atom is 0.242 e. The van der Waals surface area contributed by atoms with Crippen LogP contribution in [0.3, 0.4) is 0 Å². The van der Waals surface area contributed by atoms with Crippen LogP contribution in [0.2, 0.25) is 0 Å². The summed E-state index contributed by atoms with van der Waals surface area (Å²) in [5.74, 6) is -0.0556. The fourth-order valence-corrected chi connectivity index (χ4v) is 1.88. The SMILES string of the molecule is COCC(N)C(=O)N(CCCO)C1CCC1. The molecule has 0 aromatic heterocycles. The van der Waals surface area contributed by atoms with Gasteiger partial charge < -0.3 is 20.5 Å². The number of amides is 1. The van der Waals surface area contributed by atoms with Gasteiger partial charge in [-0.1, -0.05) is 0 Å². The van der Waals surface area contributed by atoms with Crippen LogP contribution in [0.25, 0.3) is 0 Å². The first kappa shape index (κ1) is 13.4. The van der Waals surface area contributed by atoms with Gasteiger partial charge in [0.25, 0.3) is 0 Å². The predicted octanol–water partition coefficient (Wildman–Crippen LogP) is -0.276. The van der Waals surface area contributed by atoms with Crippen LogP contribution < -0.4 is 5.73 Å². The molecule has 16 heavy (non-hydrogen) atoms. The van der Waals surface area contributed by atoms with Crippen LogP contribution in [0, 0.1) is 0 Å². The number of carbonyl (C=O) groups is 1. The van der Waals surface area contributed by atoms with E-state index in [0.29, 0.717) is 19.0 Å². The number of aliphatic hydroxyl groups excluding tert-OH is 1. The van der Waals surface area contributed by atoms with Crippen molar-refractivity contribution in [1.82, 2.24) is 4.90 Å². The van der Waals surface area contributed by atoms with Crippen LogP contribution in [0.4, 0.5) is 0 Å². The zero-order chi connectivity index (χ0) is 12.0. The summed E-state index contributed by atoms with van der Waals surface area (Å²) in [5.41, 5.74) is 5.74. The van der Waals surface area contributed by atoms with Gasteiger partial charge in [0.1, 0.15) is 6.04 Å². The highest BCUT2D eigenvalue weighted by molar-refractivity contribution is 5.82. The van der Waals surface area contributed by atoms with Crippen molar-refractivity contribution in [2.45, 2.75) is 37.8 Å². The molecule has 5 nitrogen and oxygen atoms in total. The van der Waals surface area contributed by atoms with E-state index < -0.39 is 6.04 Å². The van der Waals surface area contributed by atoms with Crippen molar-refractivity contribution in [2.75, 3.05) is 26.9 Å². The van der Waals surface area contributed by atoms with E-state index in [1.807, 2.05) is 4.90 Å². The molecule has 1 amide bonds. The lowest BCUT2D eigenvalue weighted by atomic mass is 9.91. The molecular formula is C11H22N2O3. The summed E-state index contributed by atoms with van der Waals surface area (Å²) in [4.78, 5) is 13.8. The summed E-state index contributed by atoms with van der Waals surface area (Å²) in [6, 6.07) is -0.258. The highest BCUT2D eigenvalue weighted by Crippen LogP contribution is 2.25. The molecule has 0 spiro atoms. The number of aliphatic hydroxyl groups is 1. The van der Waals surface area contributed by atoms with Crippen LogP contribution in [-0.4, -0.2) is 54.9 Å². The van der Waals surface area contributed by atoms with E-state index in [1.165, 1.54) is 13.5 Å². The van der Waals surface area contributed by atoms with Crippen molar-refractivity contribution in [2.24, 2.45) is 5.73 Å². The summed E-state index contributed by atoms with van der Waals surface area (Å²) in [7, 11) is 1.54. The van der Waals surface area contributed by atoms with Gasteiger partial charge in [-0.25, -0.2) is 0 Å². The number of ether oxygens (including phenoxy) is 1. The lowest BCUT2D eigenvalue weighted by Crippen LogP contribution is -2.52. The Hall–Kier alpha value is -0.650. The normalized spacial score (nSPS) is 17.9. The highest BCUT2D eigenvalue weighted by Gasteiger charge is 2.30. The first-order valence-corrected chi connectivity index (χ1v) is 5.86. The maximum atomic E-state index is 12.0. The molecule has 0 aromatic carbocycles. The Morgan fingerprint density at radius 3 is 2.75 bits per heavy atom. The first-order valence-electron chi connectivity index (χ1n) is 5.86. The van der Waals surface area contributed by atoms with Crippen molar-refractivity contribution in [3.8, 4) is 0 Å². The molecule has 1 fully saturated rings. The van der Waals surface area contributed by atoms with Crippen molar-refractivity contribution in [3.63, 3.8) is 0 Å². The fraction of sp³-hybridized carbons (Fsp3) is 0.909. The lowest BCUT2D eigenvalue weighted by Gasteiger charge is -2.38. The molecule has 0 radical (unpaired) electrons. The van der Waals surface area contributed by atoms with Crippen molar-refractivity contribution >= 4 is 5.91 Å². The minimum atomic E-state index is -0.579. The summed E-state index contributed by atoms with van der Waals surface area (Å²) in [6.45, 7) is 0.953. The van der Waals surface area contributed by atoms with Crippen LogP contribution in [0.5, 0.6) is 0 Å². The number of rotatable bonds is 7. The summed E-state index contributed by atoms with van der Waals surface area (Å²) < 4.78 is 4.89. The molecule has 1 unspecified atom stereocenters.